The largest absolute Gasteiger partial charge is 0.488 e. The van der Waals surface area contributed by atoms with E-state index in [0.29, 0.717) is 23.2 Å². The van der Waals surface area contributed by atoms with E-state index in [1.807, 2.05) is 49.4 Å². The Labute approximate surface area is 138 Å². The number of ketones is 2. The van der Waals surface area contributed by atoms with Crippen molar-refractivity contribution in [2.24, 2.45) is 0 Å². The van der Waals surface area contributed by atoms with Crippen molar-refractivity contribution < 1.29 is 14.3 Å². The monoisotopic (exact) mass is 360 g/mol. The molecule has 0 amide bonds. The van der Waals surface area contributed by atoms with Gasteiger partial charge in [0.25, 0.3) is 0 Å². The maximum absolute atomic E-state index is 11.2. The summed E-state index contributed by atoms with van der Waals surface area (Å²) in [4.78, 5) is 22.2. The number of aryl methyl sites for hydroxylation is 1. The Balaban J connectivity index is 0.000000160. The lowest BCUT2D eigenvalue weighted by Gasteiger charge is -2.16. The standard InChI is InChI=1S/C9H9BrO.C9H8O2/c1-7-4-2-3-5-8(7)9(11)6-10;1-6(10)8-4-7-2-3-9(8)11-5-7/h2-5H,6H2,1H3;2-4H,5H2,1H3. The first-order valence-electron chi connectivity index (χ1n) is 6.94. The highest BCUT2D eigenvalue weighted by Gasteiger charge is 2.14. The van der Waals surface area contributed by atoms with Gasteiger partial charge in [0.1, 0.15) is 12.4 Å². The average molecular weight is 361 g/mol. The second-order valence-electron chi connectivity index (χ2n) is 5.05. The normalized spacial score (nSPS) is 11.2. The Hall–Kier alpha value is -1.94. The topological polar surface area (TPSA) is 43.4 Å². The number of benzene rings is 2. The molecule has 0 atom stereocenters. The Kier molecular flexibility index (Phi) is 5.50. The number of ether oxygens (including phenoxy) is 1. The van der Waals surface area contributed by atoms with E-state index < -0.39 is 0 Å². The number of alkyl halides is 1. The summed E-state index contributed by atoms with van der Waals surface area (Å²) in [5, 5.41) is 0.401. The molecule has 2 aliphatic rings. The molecule has 114 valence electrons. The van der Waals surface area contributed by atoms with Gasteiger partial charge in [-0.1, -0.05) is 46.3 Å². The lowest BCUT2D eigenvalue weighted by atomic mass is 10.0. The molecule has 0 saturated heterocycles. The highest BCUT2D eigenvalue weighted by atomic mass is 79.9. The fourth-order valence-corrected chi connectivity index (χ4v) is 2.49. The highest BCUT2D eigenvalue weighted by molar-refractivity contribution is 9.09. The van der Waals surface area contributed by atoms with E-state index in [1.165, 1.54) is 0 Å². The quantitative estimate of drug-likeness (QED) is 0.603. The smallest absolute Gasteiger partial charge is 0.173 e. The summed E-state index contributed by atoms with van der Waals surface area (Å²) in [6, 6.07) is 13.3. The number of Topliss-reactive ketones (excluding diaryl/α,β-unsaturated/α-hetero) is 2. The molecule has 22 heavy (non-hydrogen) atoms. The Morgan fingerprint density at radius 2 is 1.86 bits per heavy atom. The van der Waals surface area contributed by atoms with E-state index >= 15 is 0 Å². The predicted octanol–water partition coefficient (Wildman–Crippen LogP) is 4.35. The Morgan fingerprint density at radius 3 is 2.27 bits per heavy atom. The second-order valence-corrected chi connectivity index (χ2v) is 5.61. The zero-order chi connectivity index (χ0) is 16.1. The van der Waals surface area contributed by atoms with E-state index in [4.69, 9.17) is 4.74 Å². The summed E-state index contributed by atoms with van der Waals surface area (Å²) in [6.07, 6.45) is 0. The minimum Gasteiger partial charge on any atom is -0.488 e. The molecule has 2 aliphatic heterocycles. The molecular weight excluding hydrogens is 344 g/mol. The molecule has 2 aromatic rings. The van der Waals surface area contributed by atoms with Gasteiger partial charge in [0.15, 0.2) is 11.6 Å². The van der Waals surface area contributed by atoms with Crippen molar-refractivity contribution >= 4 is 27.5 Å². The minimum absolute atomic E-state index is 0.0709. The van der Waals surface area contributed by atoms with Crippen LogP contribution in [0.3, 0.4) is 0 Å². The SMILES string of the molecule is CC(=O)c1cc2ccc1OC2.Cc1ccccc1C(=O)CBr. The van der Waals surface area contributed by atoms with Gasteiger partial charge in [-0.05, 0) is 37.1 Å². The second kappa shape index (κ2) is 7.36. The first-order valence-corrected chi connectivity index (χ1v) is 8.06. The Morgan fingerprint density at radius 1 is 1.14 bits per heavy atom. The van der Waals surface area contributed by atoms with Crippen molar-refractivity contribution in [2.45, 2.75) is 20.5 Å². The number of hydrogen-bond donors (Lipinski definition) is 0. The van der Waals surface area contributed by atoms with Gasteiger partial charge in [-0.15, -0.1) is 0 Å². The van der Waals surface area contributed by atoms with Crippen molar-refractivity contribution in [3.63, 3.8) is 0 Å². The van der Waals surface area contributed by atoms with E-state index in [1.54, 1.807) is 6.92 Å². The van der Waals surface area contributed by atoms with Crippen LogP contribution in [0.1, 0.15) is 38.8 Å². The van der Waals surface area contributed by atoms with E-state index in [0.717, 1.165) is 16.7 Å². The van der Waals surface area contributed by atoms with Gasteiger partial charge in [-0.25, -0.2) is 0 Å². The summed E-state index contributed by atoms with van der Waals surface area (Å²) < 4.78 is 5.25. The molecule has 2 bridgehead atoms. The maximum atomic E-state index is 11.2. The molecule has 0 N–H and O–H groups in total. The van der Waals surface area contributed by atoms with Crippen LogP contribution in [0.4, 0.5) is 0 Å². The maximum Gasteiger partial charge on any atom is 0.173 e. The van der Waals surface area contributed by atoms with Crippen LogP contribution < -0.4 is 4.74 Å². The van der Waals surface area contributed by atoms with Gasteiger partial charge in [-0.2, -0.15) is 0 Å². The summed E-state index contributed by atoms with van der Waals surface area (Å²) in [5.74, 6) is 0.928. The number of hydrogen-bond acceptors (Lipinski definition) is 3. The Bertz CT molecular complexity index is 707. The van der Waals surface area contributed by atoms with Crippen molar-refractivity contribution in [3.05, 3.63) is 64.7 Å². The van der Waals surface area contributed by atoms with Crippen LogP contribution in [-0.4, -0.2) is 16.9 Å². The van der Waals surface area contributed by atoms with Crippen LogP contribution in [-0.2, 0) is 6.61 Å². The average Bonchev–Trinajstić information content (AvgIpc) is 2.56. The van der Waals surface area contributed by atoms with Crippen LogP contribution in [0.5, 0.6) is 5.75 Å². The van der Waals surface area contributed by atoms with E-state index in [-0.39, 0.29) is 11.6 Å². The first kappa shape index (κ1) is 16.4. The number of carbonyl (C=O) groups excluding carboxylic acids is 2. The van der Waals surface area contributed by atoms with Gasteiger partial charge in [0, 0.05) is 5.56 Å². The number of rotatable bonds is 3. The lowest BCUT2D eigenvalue weighted by molar-refractivity contribution is 0.100. The highest BCUT2D eigenvalue weighted by Crippen LogP contribution is 2.26. The third kappa shape index (κ3) is 3.83. The molecule has 0 aromatic heterocycles. The molecule has 0 radical (unpaired) electrons. The summed E-state index contributed by atoms with van der Waals surface area (Å²) >= 11 is 3.14. The zero-order valence-corrected chi connectivity index (χ0v) is 14.1. The van der Waals surface area contributed by atoms with Crippen LogP contribution in [0, 0.1) is 6.92 Å². The van der Waals surface area contributed by atoms with Crippen molar-refractivity contribution in [1.29, 1.82) is 0 Å². The number of halogens is 1. The first-order chi connectivity index (χ1) is 10.5. The van der Waals surface area contributed by atoms with Gasteiger partial charge >= 0.3 is 0 Å². The molecule has 0 spiro atoms. The molecule has 2 aromatic carbocycles. The fourth-order valence-electron chi connectivity index (χ4n) is 2.19. The van der Waals surface area contributed by atoms with Gasteiger partial charge in [-0.3, -0.25) is 9.59 Å². The van der Waals surface area contributed by atoms with Crippen LogP contribution in [0.15, 0.2) is 42.5 Å². The molecule has 0 saturated carbocycles. The predicted molar refractivity (Wildman–Crippen MR) is 90.1 cm³/mol. The molecule has 4 heteroatoms. The third-order valence-electron chi connectivity index (χ3n) is 3.38. The zero-order valence-electron chi connectivity index (χ0n) is 12.6. The fraction of sp³-hybridized carbons (Fsp3) is 0.222. The van der Waals surface area contributed by atoms with E-state index in [9.17, 15) is 9.59 Å². The third-order valence-corrected chi connectivity index (χ3v) is 3.89. The van der Waals surface area contributed by atoms with Crippen molar-refractivity contribution in [1.82, 2.24) is 0 Å². The van der Waals surface area contributed by atoms with Crippen molar-refractivity contribution in [3.8, 4) is 5.75 Å². The molecule has 0 fully saturated rings. The molecular formula is C18H17BrO3. The molecule has 0 aliphatic carbocycles. The summed E-state index contributed by atoms with van der Waals surface area (Å²) in [6.45, 7) is 4.11. The van der Waals surface area contributed by atoms with Gasteiger partial charge in [0.05, 0.1) is 10.9 Å². The van der Waals surface area contributed by atoms with E-state index in [2.05, 4.69) is 15.9 Å². The van der Waals surface area contributed by atoms with Crippen molar-refractivity contribution in [2.75, 3.05) is 5.33 Å². The molecule has 2 heterocycles. The van der Waals surface area contributed by atoms with Gasteiger partial charge in [0.2, 0.25) is 0 Å². The number of fused-ring (bicyclic) bond motifs is 3. The lowest BCUT2D eigenvalue weighted by Crippen LogP contribution is -2.08. The summed E-state index contributed by atoms with van der Waals surface area (Å²) in [7, 11) is 0. The van der Waals surface area contributed by atoms with Crippen LogP contribution in [0.2, 0.25) is 0 Å². The number of carbonyl (C=O) groups is 2. The molecule has 0 unspecified atom stereocenters. The molecule has 3 nitrogen and oxygen atoms in total. The summed E-state index contributed by atoms with van der Waals surface area (Å²) in [5.41, 5.74) is 3.63. The van der Waals surface area contributed by atoms with Gasteiger partial charge < -0.3 is 4.74 Å². The minimum atomic E-state index is 0.0709. The molecule has 4 rings (SSSR count). The van der Waals surface area contributed by atoms with Crippen LogP contribution in [0.25, 0.3) is 0 Å². The van der Waals surface area contributed by atoms with Crippen LogP contribution >= 0.6 is 15.9 Å².